The van der Waals surface area contributed by atoms with Crippen LogP contribution in [0.15, 0.2) is 47.1 Å². The van der Waals surface area contributed by atoms with E-state index in [1.54, 1.807) is 18.1 Å². The maximum absolute atomic E-state index is 12.3. The lowest BCUT2D eigenvalue weighted by Crippen LogP contribution is -2.26. The number of aromatic nitrogens is 1. The maximum Gasteiger partial charge on any atom is 0.255 e. The first kappa shape index (κ1) is 13.7. The summed E-state index contributed by atoms with van der Waals surface area (Å²) >= 11 is 3.44. The zero-order valence-electron chi connectivity index (χ0n) is 10.9. The molecule has 2 aromatic rings. The molecule has 0 radical (unpaired) electrons. The zero-order valence-corrected chi connectivity index (χ0v) is 12.5. The molecule has 0 aliphatic rings. The number of carbonyl (C=O) groups excluding carboxylic acids is 1. The number of pyridine rings is 1. The van der Waals surface area contributed by atoms with Crippen molar-refractivity contribution in [1.82, 2.24) is 9.88 Å². The van der Waals surface area contributed by atoms with Crippen molar-refractivity contribution in [1.29, 1.82) is 0 Å². The fourth-order valence-corrected chi connectivity index (χ4v) is 2.47. The van der Waals surface area contributed by atoms with Crippen molar-refractivity contribution >= 4 is 21.8 Å². The van der Waals surface area contributed by atoms with E-state index >= 15 is 0 Å². The number of benzene rings is 1. The van der Waals surface area contributed by atoms with Crippen LogP contribution in [0.4, 0.5) is 0 Å². The maximum atomic E-state index is 12.3. The van der Waals surface area contributed by atoms with Gasteiger partial charge in [-0.15, -0.1) is 0 Å². The van der Waals surface area contributed by atoms with Gasteiger partial charge in [0.25, 0.3) is 5.91 Å². The molecule has 1 heterocycles. The topological polar surface area (TPSA) is 33.2 Å². The van der Waals surface area contributed by atoms with Gasteiger partial charge in [-0.25, -0.2) is 0 Å². The van der Waals surface area contributed by atoms with Gasteiger partial charge in [0, 0.05) is 17.7 Å². The van der Waals surface area contributed by atoms with Crippen molar-refractivity contribution in [2.24, 2.45) is 0 Å². The molecule has 0 unspecified atom stereocenters. The van der Waals surface area contributed by atoms with Crippen molar-refractivity contribution in [3.63, 3.8) is 0 Å². The fraction of sp³-hybridized carbons (Fsp3) is 0.200. The average Bonchev–Trinajstić information content (AvgIpc) is 2.39. The van der Waals surface area contributed by atoms with E-state index in [-0.39, 0.29) is 5.91 Å². The highest BCUT2D eigenvalue weighted by atomic mass is 79.9. The second-order valence-corrected chi connectivity index (χ2v) is 5.32. The summed E-state index contributed by atoms with van der Waals surface area (Å²) in [7, 11) is 1.78. The van der Waals surface area contributed by atoms with Gasteiger partial charge in [0.15, 0.2) is 0 Å². The number of amides is 1. The minimum absolute atomic E-state index is 0.0162. The quantitative estimate of drug-likeness (QED) is 0.868. The molecule has 0 bridgehead atoms. The zero-order chi connectivity index (χ0) is 13.8. The third kappa shape index (κ3) is 3.41. The van der Waals surface area contributed by atoms with E-state index in [0.717, 1.165) is 15.7 Å². The van der Waals surface area contributed by atoms with Gasteiger partial charge in [-0.05, 0) is 52.7 Å². The summed E-state index contributed by atoms with van der Waals surface area (Å²) in [5.74, 6) is -0.0162. The summed E-state index contributed by atoms with van der Waals surface area (Å²) < 4.78 is 0.824. The van der Waals surface area contributed by atoms with Gasteiger partial charge in [-0.1, -0.05) is 12.1 Å². The summed E-state index contributed by atoms with van der Waals surface area (Å²) in [6.45, 7) is 2.50. The molecule has 1 amide bonds. The number of nitrogens with zero attached hydrogens (tertiary/aromatic N) is 2. The molecular weight excluding hydrogens is 304 g/mol. The van der Waals surface area contributed by atoms with Gasteiger partial charge in [-0.3, -0.25) is 9.78 Å². The molecule has 98 valence electrons. The van der Waals surface area contributed by atoms with Gasteiger partial charge in [0.05, 0.1) is 17.8 Å². The SMILES string of the molecule is Cc1ccc(C(=O)N(C)Cc2ccccn2)c(Br)c1. The number of hydrogen-bond acceptors (Lipinski definition) is 2. The molecule has 0 spiro atoms. The molecule has 0 fully saturated rings. The van der Waals surface area contributed by atoms with Gasteiger partial charge in [0.1, 0.15) is 0 Å². The second-order valence-electron chi connectivity index (χ2n) is 4.47. The molecule has 0 aliphatic carbocycles. The first-order chi connectivity index (χ1) is 9.08. The van der Waals surface area contributed by atoms with Crippen molar-refractivity contribution in [3.8, 4) is 0 Å². The molecule has 2 rings (SSSR count). The molecule has 0 N–H and O–H groups in total. The molecule has 3 nitrogen and oxygen atoms in total. The Kier molecular flexibility index (Phi) is 4.32. The van der Waals surface area contributed by atoms with E-state index in [1.165, 1.54) is 0 Å². The van der Waals surface area contributed by atoms with Crippen LogP contribution in [0.2, 0.25) is 0 Å². The Morgan fingerprint density at radius 3 is 2.74 bits per heavy atom. The lowest BCUT2D eigenvalue weighted by Gasteiger charge is -2.17. The molecule has 0 aliphatic heterocycles. The smallest absolute Gasteiger partial charge is 0.255 e. The van der Waals surface area contributed by atoms with E-state index in [1.807, 2.05) is 43.3 Å². The molecular formula is C15H15BrN2O. The summed E-state index contributed by atoms with van der Waals surface area (Å²) in [6.07, 6.45) is 1.73. The van der Waals surface area contributed by atoms with Gasteiger partial charge in [0.2, 0.25) is 0 Å². The molecule has 0 saturated heterocycles. The van der Waals surface area contributed by atoms with Crippen LogP contribution in [0.25, 0.3) is 0 Å². The monoisotopic (exact) mass is 318 g/mol. The minimum atomic E-state index is -0.0162. The van der Waals surface area contributed by atoms with Crippen LogP contribution in [0.1, 0.15) is 21.6 Å². The number of halogens is 1. The predicted octanol–water partition coefficient (Wildman–Crippen LogP) is 3.42. The normalized spacial score (nSPS) is 10.3. The highest BCUT2D eigenvalue weighted by Gasteiger charge is 2.15. The summed E-state index contributed by atoms with van der Waals surface area (Å²) in [4.78, 5) is 18.2. The van der Waals surface area contributed by atoms with Gasteiger partial charge < -0.3 is 4.90 Å². The molecule has 1 aromatic heterocycles. The minimum Gasteiger partial charge on any atom is -0.336 e. The fourth-order valence-electron chi connectivity index (χ4n) is 1.81. The summed E-state index contributed by atoms with van der Waals surface area (Å²) in [5, 5.41) is 0. The largest absolute Gasteiger partial charge is 0.336 e. The van der Waals surface area contributed by atoms with Crippen molar-refractivity contribution in [2.75, 3.05) is 7.05 Å². The first-order valence-corrected chi connectivity index (χ1v) is 6.79. The third-order valence-electron chi connectivity index (χ3n) is 2.83. The van der Waals surface area contributed by atoms with Crippen LogP contribution in [0.5, 0.6) is 0 Å². The van der Waals surface area contributed by atoms with E-state index < -0.39 is 0 Å². The molecule has 4 heteroatoms. The standard InChI is InChI=1S/C15H15BrN2O/c1-11-6-7-13(14(16)9-11)15(19)18(2)10-12-5-3-4-8-17-12/h3-9H,10H2,1-2H3. The van der Waals surface area contributed by atoms with Crippen molar-refractivity contribution in [3.05, 3.63) is 63.9 Å². The number of aryl methyl sites for hydroxylation is 1. The van der Waals surface area contributed by atoms with Crippen LogP contribution in [-0.4, -0.2) is 22.8 Å². The third-order valence-corrected chi connectivity index (χ3v) is 3.48. The number of rotatable bonds is 3. The van der Waals surface area contributed by atoms with Crippen LogP contribution in [0, 0.1) is 6.92 Å². The number of hydrogen-bond donors (Lipinski definition) is 0. The van der Waals surface area contributed by atoms with E-state index in [2.05, 4.69) is 20.9 Å². The van der Waals surface area contributed by atoms with Gasteiger partial charge >= 0.3 is 0 Å². The Labute approximate surface area is 121 Å². The molecule has 0 atom stereocenters. The Balaban J connectivity index is 2.15. The van der Waals surface area contributed by atoms with Gasteiger partial charge in [-0.2, -0.15) is 0 Å². The summed E-state index contributed by atoms with van der Waals surface area (Å²) in [6, 6.07) is 11.4. The van der Waals surface area contributed by atoms with E-state index in [4.69, 9.17) is 0 Å². The van der Waals surface area contributed by atoms with E-state index in [9.17, 15) is 4.79 Å². The Morgan fingerprint density at radius 2 is 2.11 bits per heavy atom. The van der Waals surface area contributed by atoms with Crippen LogP contribution >= 0.6 is 15.9 Å². The lowest BCUT2D eigenvalue weighted by molar-refractivity contribution is 0.0782. The summed E-state index contributed by atoms with van der Waals surface area (Å²) in [5.41, 5.74) is 2.67. The Hall–Kier alpha value is -1.68. The van der Waals surface area contributed by atoms with Crippen LogP contribution in [-0.2, 0) is 6.54 Å². The second kappa shape index (κ2) is 5.97. The average molecular weight is 319 g/mol. The van der Waals surface area contributed by atoms with Crippen LogP contribution < -0.4 is 0 Å². The number of carbonyl (C=O) groups is 1. The Morgan fingerprint density at radius 1 is 1.32 bits per heavy atom. The highest BCUT2D eigenvalue weighted by Crippen LogP contribution is 2.20. The molecule has 0 saturated carbocycles. The first-order valence-electron chi connectivity index (χ1n) is 5.99. The van der Waals surface area contributed by atoms with Crippen LogP contribution in [0.3, 0.4) is 0 Å². The lowest BCUT2D eigenvalue weighted by atomic mass is 10.1. The van der Waals surface area contributed by atoms with Crippen molar-refractivity contribution < 1.29 is 4.79 Å². The predicted molar refractivity (Wildman–Crippen MR) is 78.9 cm³/mol. The molecule has 19 heavy (non-hydrogen) atoms. The molecule has 1 aromatic carbocycles. The van der Waals surface area contributed by atoms with Crippen molar-refractivity contribution in [2.45, 2.75) is 13.5 Å². The Bertz CT molecular complexity index is 584. The van der Waals surface area contributed by atoms with E-state index in [0.29, 0.717) is 12.1 Å². The highest BCUT2D eigenvalue weighted by molar-refractivity contribution is 9.10.